The summed E-state index contributed by atoms with van der Waals surface area (Å²) < 4.78 is 35.4. The predicted octanol–water partition coefficient (Wildman–Crippen LogP) is 0.397. The number of hydrogen-bond acceptors (Lipinski definition) is 5. The monoisotopic (exact) mass is 303 g/mol. The van der Waals surface area contributed by atoms with E-state index < -0.39 is 15.7 Å². The lowest BCUT2D eigenvalue weighted by Gasteiger charge is -2.18. The minimum Gasteiger partial charge on any atom is -0.409 e. The first kappa shape index (κ1) is 16.4. The van der Waals surface area contributed by atoms with E-state index in [4.69, 9.17) is 10.9 Å². The Morgan fingerprint density at radius 2 is 2.15 bits per heavy atom. The molecule has 0 aromatic heterocycles. The Hall–Kier alpha value is -1.67. The molecule has 1 rings (SSSR count). The van der Waals surface area contributed by atoms with Crippen LogP contribution in [0.4, 0.5) is 4.39 Å². The maximum atomic E-state index is 13.2. The highest BCUT2D eigenvalue weighted by Crippen LogP contribution is 2.13. The van der Waals surface area contributed by atoms with Gasteiger partial charge >= 0.3 is 0 Å². The lowest BCUT2D eigenvalue weighted by molar-refractivity contribution is 0.318. The molecule has 0 unspecified atom stereocenters. The quantitative estimate of drug-likeness (QED) is 0.343. The van der Waals surface area contributed by atoms with Gasteiger partial charge in [-0.1, -0.05) is 11.2 Å². The number of nitrogens with two attached hydrogens (primary N) is 1. The van der Waals surface area contributed by atoms with Gasteiger partial charge in [-0.05, 0) is 24.7 Å². The normalized spacial score (nSPS) is 12.9. The molecule has 0 amide bonds. The lowest BCUT2D eigenvalue weighted by Crippen LogP contribution is -2.26. The van der Waals surface area contributed by atoms with E-state index in [9.17, 15) is 12.8 Å². The Morgan fingerprint density at radius 3 is 2.70 bits per heavy atom. The second-order valence-corrected chi connectivity index (χ2v) is 6.91. The molecule has 0 atom stereocenters. The van der Waals surface area contributed by atoms with Crippen molar-refractivity contribution < 1.29 is 18.0 Å². The SMILES string of the molecule is CN(CCS(C)(=O)=O)Cc1ccc(F)cc1C(N)=NO. The van der Waals surface area contributed by atoms with E-state index in [-0.39, 0.29) is 11.6 Å². The van der Waals surface area contributed by atoms with Crippen molar-refractivity contribution in [2.75, 3.05) is 25.6 Å². The fourth-order valence-corrected chi connectivity index (χ4v) is 2.31. The number of sulfone groups is 1. The zero-order valence-corrected chi connectivity index (χ0v) is 12.2. The Balaban J connectivity index is 2.87. The van der Waals surface area contributed by atoms with Gasteiger partial charge in [0.15, 0.2) is 5.84 Å². The number of hydrogen-bond donors (Lipinski definition) is 2. The maximum Gasteiger partial charge on any atom is 0.170 e. The molecule has 112 valence electrons. The molecule has 1 aromatic carbocycles. The summed E-state index contributed by atoms with van der Waals surface area (Å²) in [5.41, 5.74) is 6.44. The molecular formula is C12H18FN3O3S. The molecule has 0 fully saturated rings. The van der Waals surface area contributed by atoms with Crippen molar-refractivity contribution in [2.24, 2.45) is 10.9 Å². The standard InChI is InChI=1S/C12H18FN3O3S/c1-16(5-6-20(2,18)19)8-9-3-4-10(13)7-11(9)12(14)15-17/h3-4,7,17H,5-6,8H2,1-2H3,(H2,14,15). The summed E-state index contributed by atoms with van der Waals surface area (Å²) in [6.07, 6.45) is 1.17. The number of halogens is 1. The molecule has 0 radical (unpaired) electrons. The van der Waals surface area contributed by atoms with Crippen molar-refractivity contribution in [3.63, 3.8) is 0 Å². The van der Waals surface area contributed by atoms with Crippen LogP contribution in [0.3, 0.4) is 0 Å². The van der Waals surface area contributed by atoms with Gasteiger partial charge in [0, 0.05) is 24.9 Å². The smallest absolute Gasteiger partial charge is 0.170 e. The van der Waals surface area contributed by atoms with Crippen LogP contribution in [0.2, 0.25) is 0 Å². The van der Waals surface area contributed by atoms with Crippen molar-refractivity contribution >= 4 is 15.7 Å². The molecule has 0 saturated heterocycles. The van der Waals surface area contributed by atoms with Gasteiger partial charge in [-0.3, -0.25) is 0 Å². The van der Waals surface area contributed by atoms with Gasteiger partial charge in [0.2, 0.25) is 0 Å². The molecule has 1 aromatic rings. The van der Waals surface area contributed by atoms with Crippen molar-refractivity contribution in [3.8, 4) is 0 Å². The first-order valence-corrected chi connectivity index (χ1v) is 7.91. The fourth-order valence-electron chi connectivity index (χ4n) is 1.67. The molecule has 0 aliphatic heterocycles. The largest absolute Gasteiger partial charge is 0.409 e. The second kappa shape index (κ2) is 6.67. The van der Waals surface area contributed by atoms with Crippen LogP contribution in [0.15, 0.2) is 23.4 Å². The van der Waals surface area contributed by atoms with Crippen LogP contribution in [0.1, 0.15) is 11.1 Å². The van der Waals surface area contributed by atoms with Crippen LogP contribution in [0.25, 0.3) is 0 Å². The van der Waals surface area contributed by atoms with E-state index in [1.807, 2.05) is 0 Å². The molecule has 8 heteroatoms. The maximum absolute atomic E-state index is 13.2. The van der Waals surface area contributed by atoms with Crippen molar-refractivity contribution in [3.05, 3.63) is 35.1 Å². The average Bonchev–Trinajstić information content (AvgIpc) is 2.37. The molecule has 0 spiro atoms. The highest BCUT2D eigenvalue weighted by Gasteiger charge is 2.12. The highest BCUT2D eigenvalue weighted by atomic mass is 32.2. The summed E-state index contributed by atoms with van der Waals surface area (Å²) in [7, 11) is -1.30. The molecule has 0 aliphatic rings. The molecule has 0 heterocycles. The third-order valence-corrected chi connectivity index (χ3v) is 3.66. The van der Waals surface area contributed by atoms with E-state index in [2.05, 4.69) is 5.16 Å². The van der Waals surface area contributed by atoms with E-state index in [1.165, 1.54) is 24.5 Å². The first-order valence-electron chi connectivity index (χ1n) is 5.85. The minimum absolute atomic E-state index is 0.0313. The van der Waals surface area contributed by atoms with Crippen LogP contribution in [-0.4, -0.2) is 50.0 Å². The van der Waals surface area contributed by atoms with Crippen LogP contribution in [0.5, 0.6) is 0 Å². The Bertz CT molecular complexity index is 602. The summed E-state index contributed by atoms with van der Waals surface area (Å²) in [5, 5.41) is 11.6. The number of rotatable bonds is 6. The average molecular weight is 303 g/mol. The van der Waals surface area contributed by atoms with Crippen LogP contribution in [-0.2, 0) is 16.4 Å². The summed E-state index contributed by atoms with van der Waals surface area (Å²) >= 11 is 0. The number of oxime groups is 1. The molecule has 0 bridgehead atoms. The van der Waals surface area contributed by atoms with Crippen molar-refractivity contribution in [2.45, 2.75) is 6.54 Å². The second-order valence-electron chi connectivity index (χ2n) is 4.65. The summed E-state index contributed by atoms with van der Waals surface area (Å²) in [6.45, 7) is 0.702. The predicted molar refractivity (Wildman–Crippen MR) is 75.0 cm³/mol. The van der Waals surface area contributed by atoms with Crippen molar-refractivity contribution in [1.29, 1.82) is 0 Å². The van der Waals surface area contributed by atoms with Gasteiger partial charge in [0.1, 0.15) is 15.7 Å². The van der Waals surface area contributed by atoms with Gasteiger partial charge in [0.25, 0.3) is 0 Å². The van der Waals surface area contributed by atoms with E-state index in [0.717, 1.165) is 0 Å². The first-order chi connectivity index (χ1) is 9.23. The third-order valence-electron chi connectivity index (χ3n) is 2.74. The number of nitrogens with zero attached hydrogens (tertiary/aromatic N) is 2. The lowest BCUT2D eigenvalue weighted by atomic mass is 10.1. The molecule has 0 aliphatic carbocycles. The third kappa shape index (κ3) is 5.14. The van der Waals surface area contributed by atoms with Gasteiger partial charge in [-0.2, -0.15) is 0 Å². The van der Waals surface area contributed by atoms with Crippen LogP contribution >= 0.6 is 0 Å². The van der Waals surface area contributed by atoms with Gasteiger partial charge in [0.05, 0.1) is 5.75 Å². The zero-order valence-electron chi connectivity index (χ0n) is 11.4. The molecule has 20 heavy (non-hydrogen) atoms. The Morgan fingerprint density at radius 1 is 1.50 bits per heavy atom. The van der Waals surface area contributed by atoms with E-state index in [1.54, 1.807) is 11.9 Å². The number of amidine groups is 1. The molecule has 6 nitrogen and oxygen atoms in total. The van der Waals surface area contributed by atoms with Gasteiger partial charge in [-0.15, -0.1) is 0 Å². The van der Waals surface area contributed by atoms with E-state index in [0.29, 0.717) is 24.2 Å². The fraction of sp³-hybridized carbons (Fsp3) is 0.417. The van der Waals surface area contributed by atoms with Crippen molar-refractivity contribution in [1.82, 2.24) is 4.90 Å². The Kier molecular flexibility index (Phi) is 5.46. The highest BCUT2D eigenvalue weighted by molar-refractivity contribution is 7.90. The van der Waals surface area contributed by atoms with Crippen LogP contribution in [0, 0.1) is 5.82 Å². The Labute approximate surface area is 117 Å². The minimum atomic E-state index is -3.04. The summed E-state index contributed by atoms with van der Waals surface area (Å²) in [4.78, 5) is 1.77. The summed E-state index contributed by atoms with van der Waals surface area (Å²) in [5.74, 6) is -0.644. The van der Waals surface area contributed by atoms with Crippen LogP contribution < -0.4 is 5.73 Å². The van der Waals surface area contributed by atoms with Gasteiger partial charge < -0.3 is 15.8 Å². The molecular weight excluding hydrogens is 285 g/mol. The summed E-state index contributed by atoms with van der Waals surface area (Å²) in [6, 6.07) is 3.97. The topological polar surface area (TPSA) is 96.0 Å². The number of benzene rings is 1. The van der Waals surface area contributed by atoms with E-state index >= 15 is 0 Å². The van der Waals surface area contributed by atoms with Gasteiger partial charge in [-0.25, -0.2) is 12.8 Å². The molecule has 0 saturated carbocycles. The molecule has 3 N–H and O–H groups in total. The zero-order chi connectivity index (χ0) is 15.3.